The molecule has 2 rings (SSSR count). The van der Waals surface area contributed by atoms with Crippen molar-refractivity contribution < 1.29 is 39.5 Å². The number of carbonyl (C=O) groups excluding carboxylic acids is 2. The van der Waals surface area contributed by atoms with E-state index < -0.39 is 49.4 Å². The van der Waals surface area contributed by atoms with Crippen molar-refractivity contribution in [2.75, 3.05) is 19.8 Å². The van der Waals surface area contributed by atoms with Crippen molar-refractivity contribution in [3.8, 4) is 0 Å². The first-order valence-corrected chi connectivity index (χ1v) is 8.99. The van der Waals surface area contributed by atoms with E-state index in [0.717, 1.165) is 6.08 Å². The molecule has 0 spiro atoms. The van der Waals surface area contributed by atoms with Crippen LogP contribution in [0.5, 0.6) is 0 Å². The molecule has 8 heteroatoms. The van der Waals surface area contributed by atoms with Gasteiger partial charge in [0.2, 0.25) is 0 Å². The van der Waals surface area contributed by atoms with Gasteiger partial charge in [0, 0.05) is 12.0 Å². The summed E-state index contributed by atoms with van der Waals surface area (Å²) in [5.74, 6) is -2.19. The molecule has 154 valence electrons. The van der Waals surface area contributed by atoms with Crippen LogP contribution in [0.25, 0.3) is 0 Å². The summed E-state index contributed by atoms with van der Waals surface area (Å²) in [5.41, 5.74) is 1.10. The lowest BCUT2D eigenvalue weighted by molar-refractivity contribution is -0.147. The monoisotopic (exact) mass is 394 g/mol. The molecule has 0 amide bonds. The molecule has 4 N–H and O–H groups in total. The number of esters is 2. The van der Waals surface area contributed by atoms with E-state index in [9.17, 15) is 24.9 Å². The number of fused-ring (bicyclic) bond motifs is 1. The highest BCUT2D eigenvalue weighted by Gasteiger charge is 2.45. The zero-order chi connectivity index (χ0) is 20.8. The minimum absolute atomic E-state index is 0.0938. The van der Waals surface area contributed by atoms with Gasteiger partial charge >= 0.3 is 11.9 Å². The van der Waals surface area contributed by atoms with Gasteiger partial charge in [0.15, 0.2) is 0 Å². The SMILES string of the molecule is C=C1C(=O)O[C@@H]2/C=C(/C)[C@@H](O)C/C=C(/CO)C[C@@H](OC(=O)/C(=C/CO)CO)[C@@H]12. The van der Waals surface area contributed by atoms with E-state index >= 15 is 0 Å². The number of hydrogen-bond acceptors (Lipinski definition) is 8. The number of hydrogen-bond donors (Lipinski definition) is 4. The minimum Gasteiger partial charge on any atom is -0.458 e. The standard InChI is InChI=1S/C20H26O8/c1-11-7-16-18(12(2)19(25)27-16)17(8-13(9-22)3-4-15(11)24)28-20(26)14(10-23)5-6-21/h3,5,7,15-18,21-24H,2,4,6,8-10H2,1H3/b11-7-,13-3+,14-5+/t15-,16+,17+,18-/m0/s1. The predicted octanol–water partition coefficient (Wildman–Crippen LogP) is -0.0733. The fourth-order valence-corrected chi connectivity index (χ4v) is 3.26. The first-order chi connectivity index (χ1) is 13.3. The Morgan fingerprint density at radius 1 is 1.39 bits per heavy atom. The Labute approximate surface area is 163 Å². The molecule has 1 saturated heterocycles. The van der Waals surface area contributed by atoms with E-state index in [1.807, 2.05) is 0 Å². The summed E-state index contributed by atoms with van der Waals surface area (Å²) in [7, 11) is 0. The van der Waals surface area contributed by atoms with Gasteiger partial charge in [-0.15, -0.1) is 0 Å². The molecule has 0 saturated carbocycles. The highest BCUT2D eigenvalue weighted by atomic mass is 16.6. The van der Waals surface area contributed by atoms with E-state index in [0.29, 0.717) is 11.1 Å². The van der Waals surface area contributed by atoms with Crippen LogP contribution in [0.4, 0.5) is 0 Å². The predicted molar refractivity (Wildman–Crippen MR) is 98.8 cm³/mol. The van der Waals surface area contributed by atoms with Gasteiger partial charge in [-0.05, 0) is 36.6 Å². The van der Waals surface area contributed by atoms with Crippen LogP contribution in [-0.4, -0.2) is 70.5 Å². The molecular formula is C20H26O8. The third-order valence-electron chi connectivity index (χ3n) is 4.94. The summed E-state index contributed by atoms with van der Waals surface area (Å²) in [5, 5.41) is 38.2. The smallest absolute Gasteiger partial charge is 0.336 e. The summed E-state index contributed by atoms with van der Waals surface area (Å²) in [6.45, 7) is 4.06. The molecule has 0 bridgehead atoms. The van der Waals surface area contributed by atoms with Gasteiger partial charge in [-0.3, -0.25) is 0 Å². The van der Waals surface area contributed by atoms with Crippen LogP contribution in [0.2, 0.25) is 0 Å². The fraction of sp³-hybridized carbons (Fsp3) is 0.500. The number of aliphatic hydroxyl groups is 4. The van der Waals surface area contributed by atoms with E-state index in [1.165, 1.54) is 0 Å². The Kier molecular flexibility index (Phi) is 7.70. The average molecular weight is 394 g/mol. The Hall–Kier alpha value is -2.26. The average Bonchev–Trinajstić information content (AvgIpc) is 2.94. The molecule has 1 heterocycles. The minimum atomic E-state index is -0.900. The molecule has 4 atom stereocenters. The second-order valence-electron chi connectivity index (χ2n) is 6.82. The first-order valence-electron chi connectivity index (χ1n) is 8.99. The fourth-order valence-electron chi connectivity index (χ4n) is 3.26. The van der Waals surface area contributed by atoms with Crippen molar-refractivity contribution in [1.29, 1.82) is 0 Å². The summed E-state index contributed by atoms with van der Waals surface area (Å²) in [6, 6.07) is 0. The van der Waals surface area contributed by atoms with E-state index in [1.54, 1.807) is 19.1 Å². The third kappa shape index (κ3) is 4.96. The maximum absolute atomic E-state index is 12.4. The van der Waals surface area contributed by atoms with Crippen LogP contribution in [0.3, 0.4) is 0 Å². The van der Waals surface area contributed by atoms with Crippen LogP contribution in [0.1, 0.15) is 19.8 Å². The normalized spacial score (nSPS) is 32.5. The molecule has 0 unspecified atom stereocenters. The Morgan fingerprint density at radius 3 is 2.71 bits per heavy atom. The van der Waals surface area contributed by atoms with E-state index in [-0.39, 0.29) is 30.6 Å². The molecule has 0 aromatic rings. The maximum atomic E-state index is 12.4. The van der Waals surface area contributed by atoms with Gasteiger partial charge < -0.3 is 29.9 Å². The van der Waals surface area contributed by atoms with E-state index in [4.69, 9.17) is 14.6 Å². The second kappa shape index (κ2) is 9.79. The van der Waals surface area contributed by atoms with Crippen molar-refractivity contribution in [3.05, 3.63) is 47.1 Å². The topological polar surface area (TPSA) is 134 Å². The van der Waals surface area contributed by atoms with Crippen molar-refractivity contribution >= 4 is 11.9 Å². The lowest BCUT2D eigenvalue weighted by atomic mass is 9.85. The van der Waals surface area contributed by atoms with E-state index in [2.05, 4.69) is 6.58 Å². The van der Waals surface area contributed by atoms with Crippen LogP contribution in [0, 0.1) is 5.92 Å². The molecular weight excluding hydrogens is 368 g/mol. The molecule has 1 aliphatic heterocycles. The molecule has 1 aliphatic carbocycles. The van der Waals surface area contributed by atoms with Crippen LogP contribution >= 0.6 is 0 Å². The molecule has 8 nitrogen and oxygen atoms in total. The zero-order valence-corrected chi connectivity index (χ0v) is 15.7. The third-order valence-corrected chi connectivity index (χ3v) is 4.94. The van der Waals surface area contributed by atoms with Gasteiger partial charge in [0.05, 0.1) is 37.4 Å². The Balaban J connectivity index is 2.43. The summed E-state index contributed by atoms with van der Waals surface area (Å²) in [6.07, 6.45) is 2.26. The molecule has 28 heavy (non-hydrogen) atoms. The Bertz CT molecular complexity index is 718. The molecule has 2 aliphatic rings. The van der Waals surface area contributed by atoms with Gasteiger partial charge in [-0.25, -0.2) is 9.59 Å². The summed E-state index contributed by atoms with van der Waals surface area (Å²) < 4.78 is 10.9. The summed E-state index contributed by atoms with van der Waals surface area (Å²) >= 11 is 0. The van der Waals surface area contributed by atoms with Gasteiger partial charge in [0.25, 0.3) is 0 Å². The Morgan fingerprint density at radius 2 is 2.11 bits per heavy atom. The van der Waals surface area contributed by atoms with Crippen molar-refractivity contribution in [2.45, 2.75) is 38.1 Å². The van der Waals surface area contributed by atoms with Gasteiger partial charge in [-0.2, -0.15) is 0 Å². The largest absolute Gasteiger partial charge is 0.458 e. The second-order valence-corrected chi connectivity index (χ2v) is 6.82. The lowest BCUT2D eigenvalue weighted by Crippen LogP contribution is -2.35. The quantitative estimate of drug-likeness (QED) is 0.289. The van der Waals surface area contributed by atoms with Gasteiger partial charge in [-0.1, -0.05) is 12.7 Å². The number of rotatable bonds is 5. The number of ether oxygens (including phenoxy) is 2. The molecule has 1 fully saturated rings. The number of carbonyl (C=O) groups is 2. The zero-order valence-electron chi connectivity index (χ0n) is 15.7. The summed E-state index contributed by atoms with van der Waals surface area (Å²) in [4.78, 5) is 24.5. The highest BCUT2D eigenvalue weighted by molar-refractivity contribution is 5.92. The van der Waals surface area contributed by atoms with Crippen molar-refractivity contribution in [2.24, 2.45) is 5.92 Å². The van der Waals surface area contributed by atoms with Crippen molar-refractivity contribution in [3.63, 3.8) is 0 Å². The van der Waals surface area contributed by atoms with Crippen LogP contribution in [0.15, 0.2) is 47.1 Å². The molecule has 0 aromatic carbocycles. The number of aliphatic hydroxyl groups excluding tert-OH is 4. The highest BCUT2D eigenvalue weighted by Crippen LogP contribution is 2.36. The maximum Gasteiger partial charge on any atom is 0.336 e. The van der Waals surface area contributed by atoms with Gasteiger partial charge in [0.1, 0.15) is 12.2 Å². The van der Waals surface area contributed by atoms with Crippen LogP contribution < -0.4 is 0 Å². The van der Waals surface area contributed by atoms with Crippen molar-refractivity contribution in [1.82, 2.24) is 0 Å². The lowest BCUT2D eigenvalue weighted by Gasteiger charge is -2.28. The molecule has 0 radical (unpaired) electrons. The molecule has 0 aromatic heterocycles. The first kappa shape index (κ1) is 22.0. The van der Waals surface area contributed by atoms with Crippen LogP contribution in [-0.2, 0) is 19.1 Å².